The fourth-order valence-corrected chi connectivity index (χ4v) is 0.881. The molecule has 0 spiro atoms. The molecule has 0 amide bonds. The number of aliphatic hydroxyl groups excluding tert-OH is 1. The zero-order valence-electron chi connectivity index (χ0n) is 6.64. The van der Waals surface area contributed by atoms with Crippen LogP contribution in [0.2, 0.25) is 0 Å². The fraction of sp³-hybridized carbons (Fsp3) is 0.429. The first-order valence-electron chi connectivity index (χ1n) is 3.49. The minimum Gasteiger partial charge on any atom is -0.481 e. The van der Waals surface area contributed by atoms with Crippen LogP contribution < -0.4 is 0 Å². The van der Waals surface area contributed by atoms with Gasteiger partial charge < -0.3 is 10.2 Å². The summed E-state index contributed by atoms with van der Waals surface area (Å²) in [6.07, 6.45) is 0.334. The molecule has 0 bridgehead atoms. The Morgan fingerprint density at radius 3 is 2.92 bits per heavy atom. The lowest BCUT2D eigenvalue weighted by Crippen LogP contribution is -2.06. The third-order valence-corrected chi connectivity index (χ3v) is 1.44. The van der Waals surface area contributed by atoms with Gasteiger partial charge in [0.15, 0.2) is 0 Å². The van der Waals surface area contributed by atoms with Crippen molar-refractivity contribution >= 4 is 5.97 Å². The van der Waals surface area contributed by atoms with Crippen molar-refractivity contribution in [2.75, 3.05) is 0 Å². The van der Waals surface area contributed by atoms with Crippen molar-refractivity contribution in [3.8, 4) is 0 Å². The van der Waals surface area contributed by atoms with Gasteiger partial charge in [-0.15, -0.1) is 0 Å². The van der Waals surface area contributed by atoms with Crippen LogP contribution in [0.25, 0.3) is 0 Å². The summed E-state index contributed by atoms with van der Waals surface area (Å²) in [5.41, 5.74) is 0.389. The van der Waals surface area contributed by atoms with Crippen LogP contribution in [0.4, 0.5) is 0 Å². The Labute approximate surface area is 69.2 Å². The minimum absolute atomic E-state index is 0.309. The van der Waals surface area contributed by atoms with Gasteiger partial charge in [0.1, 0.15) is 6.10 Å². The SMILES string of the molecule is Cn1ccc(C(O)CC(=O)O)n1. The number of carbonyl (C=O) groups is 1. The first kappa shape index (κ1) is 8.73. The summed E-state index contributed by atoms with van der Waals surface area (Å²) in [6.45, 7) is 0. The number of carboxylic acids is 1. The monoisotopic (exact) mass is 170 g/mol. The highest BCUT2D eigenvalue weighted by molar-refractivity contribution is 5.67. The number of aliphatic carboxylic acids is 1. The molecule has 0 fully saturated rings. The third kappa shape index (κ3) is 2.06. The molecule has 12 heavy (non-hydrogen) atoms. The fourth-order valence-electron chi connectivity index (χ4n) is 0.881. The second kappa shape index (κ2) is 3.36. The number of aromatic nitrogens is 2. The molecule has 1 heterocycles. The average Bonchev–Trinajstić information content (AvgIpc) is 2.34. The normalized spacial score (nSPS) is 12.8. The second-order valence-corrected chi connectivity index (χ2v) is 2.53. The van der Waals surface area contributed by atoms with Gasteiger partial charge in [0.2, 0.25) is 0 Å². The molecule has 0 radical (unpaired) electrons. The van der Waals surface area contributed by atoms with Crippen molar-refractivity contribution in [1.82, 2.24) is 9.78 Å². The zero-order valence-corrected chi connectivity index (χ0v) is 6.64. The van der Waals surface area contributed by atoms with Crippen LogP contribution >= 0.6 is 0 Å². The molecule has 0 saturated carbocycles. The molecule has 1 rings (SSSR count). The molecule has 1 aromatic rings. The first-order chi connectivity index (χ1) is 5.59. The van der Waals surface area contributed by atoms with Crippen LogP contribution in [0.15, 0.2) is 12.3 Å². The predicted octanol–water partition coefficient (Wildman–Crippen LogP) is -0.0718. The van der Waals surface area contributed by atoms with Crippen molar-refractivity contribution in [3.63, 3.8) is 0 Å². The number of nitrogens with zero attached hydrogens (tertiary/aromatic N) is 2. The molecule has 5 heteroatoms. The topological polar surface area (TPSA) is 75.4 Å². The smallest absolute Gasteiger partial charge is 0.306 e. The molecule has 66 valence electrons. The van der Waals surface area contributed by atoms with Crippen LogP contribution in [0.3, 0.4) is 0 Å². The van der Waals surface area contributed by atoms with Crippen LogP contribution in [-0.4, -0.2) is 26.0 Å². The van der Waals surface area contributed by atoms with Gasteiger partial charge in [0, 0.05) is 13.2 Å². The summed E-state index contributed by atoms with van der Waals surface area (Å²) in [5, 5.41) is 21.5. The van der Waals surface area contributed by atoms with Gasteiger partial charge in [-0.25, -0.2) is 0 Å². The summed E-state index contributed by atoms with van der Waals surface area (Å²) >= 11 is 0. The number of rotatable bonds is 3. The highest BCUT2D eigenvalue weighted by atomic mass is 16.4. The van der Waals surface area contributed by atoms with E-state index < -0.39 is 12.1 Å². The van der Waals surface area contributed by atoms with Gasteiger partial charge in [-0.1, -0.05) is 0 Å². The van der Waals surface area contributed by atoms with Crippen molar-refractivity contribution < 1.29 is 15.0 Å². The summed E-state index contributed by atoms with van der Waals surface area (Å²) in [4.78, 5) is 10.2. The molecule has 0 aliphatic rings. The maximum Gasteiger partial charge on any atom is 0.306 e. The van der Waals surface area contributed by atoms with Gasteiger partial charge >= 0.3 is 5.97 Å². The lowest BCUT2D eigenvalue weighted by molar-refractivity contribution is -0.139. The highest BCUT2D eigenvalue weighted by Crippen LogP contribution is 2.12. The van der Waals surface area contributed by atoms with Crippen LogP contribution in [-0.2, 0) is 11.8 Å². The molecule has 1 aromatic heterocycles. The third-order valence-electron chi connectivity index (χ3n) is 1.44. The van der Waals surface area contributed by atoms with E-state index in [4.69, 9.17) is 5.11 Å². The van der Waals surface area contributed by atoms with E-state index >= 15 is 0 Å². The van der Waals surface area contributed by atoms with E-state index in [0.29, 0.717) is 5.69 Å². The van der Waals surface area contributed by atoms with Crippen molar-refractivity contribution in [3.05, 3.63) is 18.0 Å². The summed E-state index contributed by atoms with van der Waals surface area (Å²) in [7, 11) is 1.71. The average molecular weight is 170 g/mol. The van der Waals surface area contributed by atoms with Gasteiger partial charge in [-0.3, -0.25) is 9.48 Å². The summed E-state index contributed by atoms with van der Waals surface area (Å²) in [6, 6.07) is 1.59. The lowest BCUT2D eigenvalue weighted by Gasteiger charge is -2.02. The second-order valence-electron chi connectivity index (χ2n) is 2.53. The highest BCUT2D eigenvalue weighted by Gasteiger charge is 2.13. The Balaban J connectivity index is 2.64. The Kier molecular flexibility index (Phi) is 2.44. The minimum atomic E-state index is -1.03. The number of aryl methyl sites for hydroxylation is 1. The van der Waals surface area contributed by atoms with Crippen LogP contribution in [0, 0.1) is 0 Å². The lowest BCUT2D eigenvalue weighted by atomic mass is 10.2. The quantitative estimate of drug-likeness (QED) is 0.665. The van der Waals surface area contributed by atoms with Gasteiger partial charge in [0.25, 0.3) is 0 Å². The molecule has 0 aliphatic carbocycles. The van der Waals surface area contributed by atoms with Gasteiger partial charge in [0.05, 0.1) is 12.1 Å². The van der Waals surface area contributed by atoms with Gasteiger partial charge in [-0.2, -0.15) is 5.10 Å². The molecular formula is C7H10N2O3. The zero-order chi connectivity index (χ0) is 9.14. The molecule has 2 N–H and O–H groups in total. The molecular weight excluding hydrogens is 160 g/mol. The van der Waals surface area contributed by atoms with E-state index in [-0.39, 0.29) is 6.42 Å². The Morgan fingerprint density at radius 1 is 1.83 bits per heavy atom. The molecule has 0 aliphatic heterocycles. The van der Waals surface area contributed by atoms with E-state index in [1.807, 2.05) is 0 Å². The van der Waals surface area contributed by atoms with E-state index in [1.54, 1.807) is 19.3 Å². The van der Waals surface area contributed by atoms with E-state index in [9.17, 15) is 9.90 Å². The largest absolute Gasteiger partial charge is 0.481 e. The molecule has 1 unspecified atom stereocenters. The van der Waals surface area contributed by atoms with E-state index in [2.05, 4.69) is 5.10 Å². The Morgan fingerprint density at radius 2 is 2.50 bits per heavy atom. The number of aliphatic hydroxyl groups is 1. The summed E-state index contributed by atoms with van der Waals surface area (Å²) in [5.74, 6) is -1.03. The number of carboxylic acid groups (broad SMARTS) is 1. The van der Waals surface area contributed by atoms with Crippen LogP contribution in [0.1, 0.15) is 18.2 Å². The van der Waals surface area contributed by atoms with Gasteiger partial charge in [-0.05, 0) is 6.07 Å². The Hall–Kier alpha value is -1.36. The summed E-state index contributed by atoms with van der Waals surface area (Å²) < 4.78 is 1.51. The van der Waals surface area contributed by atoms with E-state index in [1.165, 1.54) is 4.68 Å². The van der Waals surface area contributed by atoms with Crippen molar-refractivity contribution in [2.45, 2.75) is 12.5 Å². The molecule has 0 saturated heterocycles. The molecule has 5 nitrogen and oxygen atoms in total. The number of hydrogen-bond acceptors (Lipinski definition) is 3. The predicted molar refractivity (Wildman–Crippen MR) is 40.4 cm³/mol. The van der Waals surface area contributed by atoms with Crippen LogP contribution in [0.5, 0.6) is 0 Å². The van der Waals surface area contributed by atoms with Crippen molar-refractivity contribution in [2.24, 2.45) is 7.05 Å². The van der Waals surface area contributed by atoms with E-state index in [0.717, 1.165) is 0 Å². The standard InChI is InChI=1S/C7H10N2O3/c1-9-3-2-5(8-9)6(10)4-7(11)12/h2-3,6,10H,4H2,1H3,(H,11,12). The molecule has 1 atom stereocenters. The Bertz CT molecular complexity index is 282. The first-order valence-corrected chi connectivity index (χ1v) is 3.49. The number of hydrogen-bond donors (Lipinski definition) is 2. The maximum atomic E-state index is 10.2. The van der Waals surface area contributed by atoms with Crippen molar-refractivity contribution in [1.29, 1.82) is 0 Å². The maximum absolute atomic E-state index is 10.2. The molecule has 0 aromatic carbocycles.